The summed E-state index contributed by atoms with van der Waals surface area (Å²) in [6.07, 6.45) is 0.682. The first kappa shape index (κ1) is 12.0. The van der Waals surface area contributed by atoms with Gasteiger partial charge in [-0.15, -0.1) is 11.3 Å². The molecule has 1 atom stereocenters. The van der Waals surface area contributed by atoms with Gasteiger partial charge in [0.15, 0.2) is 0 Å². The Balaban J connectivity index is 2.61. The van der Waals surface area contributed by atoms with Gasteiger partial charge >= 0.3 is 0 Å². The van der Waals surface area contributed by atoms with Crippen molar-refractivity contribution in [1.82, 2.24) is 5.32 Å². The lowest BCUT2D eigenvalue weighted by Gasteiger charge is -2.22. The van der Waals surface area contributed by atoms with E-state index < -0.39 is 5.60 Å². The van der Waals surface area contributed by atoms with Crippen molar-refractivity contribution >= 4 is 22.9 Å². The van der Waals surface area contributed by atoms with Gasteiger partial charge in [-0.3, -0.25) is 0 Å². The molecule has 2 nitrogen and oxygen atoms in total. The number of thiophene rings is 1. The molecule has 0 aliphatic carbocycles. The van der Waals surface area contributed by atoms with Gasteiger partial charge in [-0.1, -0.05) is 18.5 Å². The van der Waals surface area contributed by atoms with E-state index in [9.17, 15) is 5.11 Å². The van der Waals surface area contributed by atoms with Gasteiger partial charge in [-0.05, 0) is 37.9 Å². The third-order valence-corrected chi connectivity index (χ3v) is 3.74. The SMILES string of the molecule is CCNCCC(C)(O)c1sccc1Cl. The van der Waals surface area contributed by atoms with Crippen molar-refractivity contribution in [3.8, 4) is 0 Å². The van der Waals surface area contributed by atoms with E-state index in [0.717, 1.165) is 18.0 Å². The fraction of sp³-hybridized carbons (Fsp3) is 0.600. The van der Waals surface area contributed by atoms with Crippen LogP contribution in [0.3, 0.4) is 0 Å². The largest absolute Gasteiger partial charge is 0.385 e. The van der Waals surface area contributed by atoms with Crippen molar-refractivity contribution in [2.45, 2.75) is 25.9 Å². The van der Waals surface area contributed by atoms with E-state index in [0.29, 0.717) is 11.4 Å². The molecular weight excluding hydrogens is 218 g/mol. The van der Waals surface area contributed by atoms with E-state index in [1.54, 1.807) is 0 Å². The van der Waals surface area contributed by atoms with Gasteiger partial charge in [0.05, 0.1) is 15.5 Å². The van der Waals surface area contributed by atoms with E-state index in [2.05, 4.69) is 5.32 Å². The van der Waals surface area contributed by atoms with Crippen molar-refractivity contribution in [3.05, 3.63) is 21.3 Å². The fourth-order valence-corrected chi connectivity index (χ4v) is 2.65. The molecule has 0 aliphatic rings. The molecule has 1 heterocycles. The number of rotatable bonds is 5. The minimum atomic E-state index is -0.812. The Kier molecular flexibility index (Phi) is 4.38. The Labute approximate surface area is 93.9 Å². The first-order valence-corrected chi connectivity index (χ1v) is 6.00. The molecule has 14 heavy (non-hydrogen) atoms. The average molecular weight is 234 g/mol. The topological polar surface area (TPSA) is 32.3 Å². The summed E-state index contributed by atoms with van der Waals surface area (Å²) < 4.78 is 0. The lowest BCUT2D eigenvalue weighted by molar-refractivity contribution is 0.0520. The molecule has 0 amide bonds. The molecule has 0 saturated heterocycles. The van der Waals surface area contributed by atoms with Crippen LogP contribution in [0.2, 0.25) is 5.02 Å². The maximum atomic E-state index is 10.2. The monoisotopic (exact) mass is 233 g/mol. The summed E-state index contributed by atoms with van der Waals surface area (Å²) in [5.41, 5.74) is -0.812. The number of hydrogen-bond donors (Lipinski definition) is 2. The molecule has 4 heteroatoms. The number of hydrogen-bond acceptors (Lipinski definition) is 3. The molecule has 0 saturated carbocycles. The van der Waals surface area contributed by atoms with Gasteiger partial charge in [0.25, 0.3) is 0 Å². The molecule has 1 aromatic rings. The van der Waals surface area contributed by atoms with Crippen molar-refractivity contribution in [2.75, 3.05) is 13.1 Å². The number of nitrogens with one attached hydrogen (secondary N) is 1. The summed E-state index contributed by atoms with van der Waals surface area (Å²) in [5, 5.41) is 15.9. The molecule has 1 aromatic heterocycles. The molecule has 0 bridgehead atoms. The Morgan fingerprint density at radius 3 is 2.86 bits per heavy atom. The van der Waals surface area contributed by atoms with Crippen LogP contribution in [0.1, 0.15) is 25.1 Å². The van der Waals surface area contributed by atoms with Gasteiger partial charge in [0, 0.05) is 0 Å². The van der Waals surface area contributed by atoms with E-state index >= 15 is 0 Å². The maximum Gasteiger partial charge on any atom is 0.0986 e. The highest BCUT2D eigenvalue weighted by Gasteiger charge is 2.26. The van der Waals surface area contributed by atoms with Gasteiger partial charge in [0.1, 0.15) is 0 Å². The van der Waals surface area contributed by atoms with Crippen LogP contribution in [0, 0.1) is 0 Å². The van der Waals surface area contributed by atoms with Crippen LogP contribution >= 0.6 is 22.9 Å². The van der Waals surface area contributed by atoms with Crippen LogP contribution in [0.5, 0.6) is 0 Å². The zero-order valence-corrected chi connectivity index (χ0v) is 10.1. The van der Waals surface area contributed by atoms with Crippen molar-refractivity contribution < 1.29 is 5.11 Å². The summed E-state index contributed by atoms with van der Waals surface area (Å²) in [5.74, 6) is 0. The third-order valence-electron chi connectivity index (χ3n) is 2.14. The van der Waals surface area contributed by atoms with Gasteiger partial charge in [-0.25, -0.2) is 0 Å². The molecule has 80 valence electrons. The molecule has 1 rings (SSSR count). The second kappa shape index (κ2) is 5.12. The summed E-state index contributed by atoms with van der Waals surface area (Å²) in [4.78, 5) is 0.858. The van der Waals surface area contributed by atoms with Gasteiger partial charge in [-0.2, -0.15) is 0 Å². The molecule has 0 spiro atoms. The predicted molar refractivity (Wildman–Crippen MR) is 62.1 cm³/mol. The molecule has 1 unspecified atom stereocenters. The molecule has 0 fully saturated rings. The highest BCUT2D eigenvalue weighted by molar-refractivity contribution is 7.10. The van der Waals surface area contributed by atoms with Crippen molar-refractivity contribution in [3.63, 3.8) is 0 Å². The fourth-order valence-electron chi connectivity index (χ4n) is 1.30. The van der Waals surface area contributed by atoms with Gasteiger partial charge < -0.3 is 10.4 Å². The maximum absolute atomic E-state index is 10.2. The van der Waals surface area contributed by atoms with Crippen LogP contribution in [0.25, 0.3) is 0 Å². The Morgan fingerprint density at radius 2 is 2.36 bits per heavy atom. The summed E-state index contributed by atoms with van der Waals surface area (Å²) in [7, 11) is 0. The standard InChI is InChI=1S/C10H16ClNOS/c1-3-12-6-5-10(2,13)9-8(11)4-7-14-9/h4,7,12-13H,3,5-6H2,1-2H3. The first-order chi connectivity index (χ1) is 6.58. The van der Waals surface area contributed by atoms with Crippen molar-refractivity contribution in [1.29, 1.82) is 0 Å². The minimum Gasteiger partial charge on any atom is -0.385 e. The quantitative estimate of drug-likeness (QED) is 0.767. The number of aliphatic hydroxyl groups is 1. The van der Waals surface area contributed by atoms with Crippen LogP contribution < -0.4 is 5.32 Å². The second-order valence-electron chi connectivity index (χ2n) is 3.48. The lowest BCUT2D eigenvalue weighted by atomic mass is 10.0. The molecular formula is C10H16ClNOS. The predicted octanol–water partition coefficient (Wildman–Crippen LogP) is 2.61. The summed E-state index contributed by atoms with van der Waals surface area (Å²) in [6, 6.07) is 1.82. The van der Waals surface area contributed by atoms with Crippen LogP contribution in [0.4, 0.5) is 0 Å². The second-order valence-corrected chi connectivity index (χ2v) is 4.80. The van der Waals surface area contributed by atoms with Crippen LogP contribution in [-0.4, -0.2) is 18.2 Å². The van der Waals surface area contributed by atoms with Crippen LogP contribution in [0.15, 0.2) is 11.4 Å². The van der Waals surface area contributed by atoms with Crippen LogP contribution in [-0.2, 0) is 5.60 Å². The van der Waals surface area contributed by atoms with Crippen molar-refractivity contribution in [2.24, 2.45) is 0 Å². The molecule has 2 N–H and O–H groups in total. The highest BCUT2D eigenvalue weighted by atomic mass is 35.5. The van der Waals surface area contributed by atoms with E-state index in [-0.39, 0.29) is 0 Å². The molecule has 0 aromatic carbocycles. The summed E-state index contributed by atoms with van der Waals surface area (Å²) >= 11 is 7.47. The third kappa shape index (κ3) is 2.95. The smallest absolute Gasteiger partial charge is 0.0986 e. The Morgan fingerprint density at radius 1 is 1.64 bits per heavy atom. The lowest BCUT2D eigenvalue weighted by Crippen LogP contribution is -2.27. The normalized spacial score (nSPS) is 15.4. The summed E-state index contributed by atoms with van der Waals surface area (Å²) in [6.45, 7) is 5.58. The highest BCUT2D eigenvalue weighted by Crippen LogP contribution is 2.34. The first-order valence-electron chi connectivity index (χ1n) is 4.74. The molecule has 0 radical (unpaired) electrons. The van der Waals surface area contributed by atoms with E-state index in [1.807, 2.05) is 25.3 Å². The average Bonchev–Trinajstić information content (AvgIpc) is 2.52. The van der Waals surface area contributed by atoms with E-state index in [4.69, 9.17) is 11.6 Å². The zero-order chi connectivity index (χ0) is 10.6. The Bertz CT molecular complexity index is 285. The van der Waals surface area contributed by atoms with E-state index in [1.165, 1.54) is 11.3 Å². The minimum absolute atomic E-state index is 0.663. The van der Waals surface area contributed by atoms with Gasteiger partial charge in [0.2, 0.25) is 0 Å². The zero-order valence-electron chi connectivity index (χ0n) is 8.51. The number of halogens is 1. The molecule has 0 aliphatic heterocycles. The Hall–Kier alpha value is -0.0900.